The first-order chi connectivity index (χ1) is 7.63. The number of aromatic hydroxyl groups is 1. The highest BCUT2D eigenvalue weighted by molar-refractivity contribution is 6.02. The Balaban J connectivity index is 3.27. The number of carbonyl (C=O) groups excluding carboxylic acids is 1. The van der Waals surface area contributed by atoms with Gasteiger partial charge in [-0.1, -0.05) is 0 Å². The Kier molecular flexibility index (Phi) is 4.13. The van der Waals surface area contributed by atoms with E-state index in [4.69, 9.17) is 14.2 Å². The summed E-state index contributed by atoms with van der Waals surface area (Å²) in [7, 11) is 4.26. The van der Waals surface area contributed by atoms with Gasteiger partial charge in [0.2, 0.25) is 0 Å². The molecule has 0 aliphatic heterocycles. The molecule has 0 aliphatic carbocycles. The number of rotatable bonds is 5. The number of ether oxygens (including phenoxy) is 3. The molecule has 1 rings (SSSR count). The van der Waals surface area contributed by atoms with Crippen molar-refractivity contribution in [2.45, 2.75) is 0 Å². The Morgan fingerprint density at radius 3 is 2.06 bits per heavy atom. The van der Waals surface area contributed by atoms with Gasteiger partial charge in [-0.15, -0.1) is 0 Å². The number of hydrogen-bond acceptors (Lipinski definition) is 5. The van der Waals surface area contributed by atoms with Crippen LogP contribution in [0.15, 0.2) is 12.1 Å². The number of carbonyl (C=O) groups is 1. The fraction of sp³-hybridized carbons (Fsp3) is 0.364. The molecular formula is C11H14O5. The molecule has 0 saturated carbocycles. The van der Waals surface area contributed by atoms with Gasteiger partial charge in [-0.05, 0) is 0 Å². The van der Waals surface area contributed by atoms with Crippen LogP contribution in [-0.2, 0) is 4.74 Å². The van der Waals surface area contributed by atoms with Gasteiger partial charge >= 0.3 is 0 Å². The van der Waals surface area contributed by atoms with Gasteiger partial charge in [0.25, 0.3) is 0 Å². The maximum absolute atomic E-state index is 11.7. The van der Waals surface area contributed by atoms with Crippen molar-refractivity contribution in [1.82, 2.24) is 0 Å². The third kappa shape index (κ3) is 2.43. The fourth-order valence-electron chi connectivity index (χ4n) is 1.38. The second kappa shape index (κ2) is 5.37. The SMILES string of the molecule is COCC(=O)c1c(OC)cc(O)cc1OC. The molecule has 1 aromatic rings. The lowest BCUT2D eigenvalue weighted by Gasteiger charge is -2.12. The largest absolute Gasteiger partial charge is 0.508 e. The van der Waals surface area contributed by atoms with Crippen LogP contribution in [0.1, 0.15) is 10.4 Å². The fourth-order valence-corrected chi connectivity index (χ4v) is 1.38. The average Bonchev–Trinajstić information content (AvgIpc) is 2.27. The summed E-state index contributed by atoms with van der Waals surface area (Å²) in [6.45, 7) is -0.0719. The minimum Gasteiger partial charge on any atom is -0.508 e. The Morgan fingerprint density at radius 2 is 1.69 bits per heavy atom. The first-order valence-electron chi connectivity index (χ1n) is 4.61. The smallest absolute Gasteiger partial charge is 0.195 e. The Bertz CT molecular complexity index is 361. The molecule has 0 atom stereocenters. The molecule has 88 valence electrons. The molecule has 5 heteroatoms. The van der Waals surface area contributed by atoms with Gasteiger partial charge in [0.15, 0.2) is 5.78 Å². The zero-order valence-corrected chi connectivity index (χ0v) is 9.44. The van der Waals surface area contributed by atoms with Gasteiger partial charge in [0.05, 0.1) is 14.2 Å². The monoisotopic (exact) mass is 226 g/mol. The maximum Gasteiger partial charge on any atom is 0.195 e. The molecule has 16 heavy (non-hydrogen) atoms. The van der Waals surface area contributed by atoms with Crippen molar-refractivity contribution in [2.24, 2.45) is 0 Å². The van der Waals surface area contributed by atoms with Crippen molar-refractivity contribution in [3.63, 3.8) is 0 Å². The number of methoxy groups -OCH3 is 3. The van der Waals surface area contributed by atoms with E-state index in [1.165, 1.54) is 33.5 Å². The van der Waals surface area contributed by atoms with Crippen molar-refractivity contribution in [1.29, 1.82) is 0 Å². The molecule has 0 spiro atoms. The highest BCUT2D eigenvalue weighted by atomic mass is 16.5. The summed E-state index contributed by atoms with van der Waals surface area (Å²) in [4.78, 5) is 11.7. The van der Waals surface area contributed by atoms with E-state index in [9.17, 15) is 9.90 Å². The molecule has 1 aromatic carbocycles. The van der Waals surface area contributed by atoms with Crippen molar-refractivity contribution in [3.05, 3.63) is 17.7 Å². The van der Waals surface area contributed by atoms with Crippen LogP contribution in [-0.4, -0.2) is 38.8 Å². The number of phenols is 1. The van der Waals surface area contributed by atoms with Crippen molar-refractivity contribution in [3.8, 4) is 17.2 Å². The predicted octanol–water partition coefficient (Wildman–Crippen LogP) is 1.24. The minimum atomic E-state index is -0.267. The van der Waals surface area contributed by atoms with E-state index in [-0.39, 0.29) is 35.2 Å². The predicted molar refractivity (Wildman–Crippen MR) is 57.4 cm³/mol. The van der Waals surface area contributed by atoms with Crippen LogP contribution >= 0.6 is 0 Å². The molecule has 0 saturated heterocycles. The summed E-state index contributed by atoms with van der Waals surface area (Å²) in [5.41, 5.74) is 0.268. The second-order valence-electron chi connectivity index (χ2n) is 3.08. The summed E-state index contributed by atoms with van der Waals surface area (Å²) < 4.78 is 14.8. The lowest BCUT2D eigenvalue weighted by Crippen LogP contribution is -2.10. The summed E-state index contributed by atoms with van der Waals surface area (Å²) in [6, 6.07) is 2.71. The lowest BCUT2D eigenvalue weighted by atomic mass is 10.1. The van der Waals surface area contributed by atoms with E-state index in [0.717, 1.165) is 0 Å². The number of phenolic OH excluding ortho intramolecular Hbond substituents is 1. The molecule has 0 radical (unpaired) electrons. The van der Waals surface area contributed by atoms with Crippen LogP contribution in [0, 0.1) is 0 Å². The van der Waals surface area contributed by atoms with Crippen LogP contribution in [0.2, 0.25) is 0 Å². The van der Waals surface area contributed by atoms with Crippen molar-refractivity contribution >= 4 is 5.78 Å². The van der Waals surface area contributed by atoms with E-state index < -0.39 is 0 Å². The van der Waals surface area contributed by atoms with E-state index in [1.54, 1.807) is 0 Å². The highest BCUT2D eigenvalue weighted by Crippen LogP contribution is 2.33. The van der Waals surface area contributed by atoms with Crippen LogP contribution in [0.4, 0.5) is 0 Å². The second-order valence-corrected chi connectivity index (χ2v) is 3.08. The van der Waals surface area contributed by atoms with Crippen LogP contribution < -0.4 is 9.47 Å². The molecule has 0 bridgehead atoms. The van der Waals surface area contributed by atoms with E-state index >= 15 is 0 Å². The van der Waals surface area contributed by atoms with Gasteiger partial charge in [-0.2, -0.15) is 0 Å². The Hall–Kier alpha value is -1.75. The molecule has 0 unspecified atom stereocenters. The molecule has 0 fully saturated rings. The van der Waals surface area contributed by atoms with E-state index in [0.29, 0.717) is 0 Å². The summed E-state index contributed by atoms with van der Waals surface area (Å²) in [6.07, 6.45) is 0. The van der Waals surface area contributed by atoms with Crippen LogP contribution in [0.3, 0.4) is 0 Å². The van der Waals surface area contributed by atoms with Gasteiger partial charge in [-0.3, -0.25) is 4.79 Å². The quantitative estimate of drug-likeness (QED) is 0.765. The lowest BCUT2D eigenvalue weighted by molar-refractivity contribution is 0.0841. The number of benzene rings is 1. The number of ketones is 1. The number of hydrogen-bond donors (Lipinski definition) is 1. The molecular weight excluding hydrogens is 212 g/mol. The van der Waals surface area contributed by atoms with E-state index in [1.807, 2.05) is 0 Å². The third-order valence-electron chi connectivity index (χ3n) is 2.04. The van der Waals surface area contributed by atoms with Crippen molar-refractivity contribution < 1.29 is 24.1 Å². The zero-order valence-electron chi connectivity index (χ0n) is 9.44. The van der Waals surface area contributed by atoms with Gasteiger partial charge in [0.1, 0.15) is 29.4 Å². The van der Waals surface area contributed by atoms with Gasteiger partial charge < -0.3 is 19.3 Å². The average molecular weight is 226 g/mol. The molecule has 0 amide bonds. The summed E-state index contributed by atoms with van der Waals surface area (Å²) in [5, 5.41) is 9.39. The first-order valence-corrected chi connectivity index (χ1v) is 4.61. The molecule has 0 aliphatic rings. The maximum atomic E-state index is 11.7. The molecule has 0 heterocycles. The highest BCUT2D eigenvalue weighted by Gasteiger charge is 2.19. The van der Waals surface area contributed by atoms with Crippen LogP contribution in [0.25, 0.3) is 0 Å². The molecule has 1 N–H and O–H groups in total. The summed E-state index contributed by atoms with van der Waals surface area (Å²) in [5.74, 6) is 0.233. The Morgan fingerprint density at radius 1 is 1.19 bits per heavy atom. The molecule has 0 aromatic heterocycles. The standard InChI is InChI=1S/C11H14O5/c1-14-6-8(13)11-9(15-2)4-7(12)5-10(11)16-3/h4-5,12H,6H2,1-3H3. The first kappa shape index (κ1) is 12.3. The number of Topliss-reactive ketones (excluding diaryl/α,β-unsaturated/α-hetero) is 1. The third-order valence-corrected chi connectivity index (χ3v) is 2.04. The normalized spacial score (nSPS) is 9.94. The van der Waals surface area contributed by atoms with Gasteiger partial charge in [-0.25, -0.2) is 0 Å². The van der Waals surface area contributed by atoms with Gasteiger partial charge in [0, 0.05) is 19.2 Å². The van der Waals surface area contributed by atoms with Crippen LogP contribution in [0.5, 0.6) is 17.2 Å². The van der Waals surface area contributed by atoms with Crippen molar-refractivity contribution in [2.75, 3.05) is 27.9 Å². The molecule has 5 nitrogen and oxygen atoms in total. The zero-order chi connectivity index (χ0) is 12.1. The van der Waals surface area contributed by atoms with E-state index in [2.05, 4.69) is 0 Å². The Labute approximate surface area is 93.6 Å². The minimum absolute atomic E-state index is 0.0253. The topological polar surface area (TPSA) is 65.0 Å². The summed E-state index contributed by atoms with van der Waals surface area (Å²) >= 11 is 0.